The average molecular weight is 285 g/mol. The molecule has 0 bridgehead atoms. The highest BCUT2D eigenvalue weighted by Crippen LogP contribution is 2.37. The highest BCUT2D eigenvalue weighted by molar-refractivity contribution is 8.01. The molecular weight excluding hydrogens is 274 g/mol. The Labute approximate surface area is 112 Å². The third-order valence-corrected chi connectivity index (χ3v) is 4.07. The molecule has 0 saturated heterocycles. The molecule has 0 aliphatic heterocycles. The first kappa shape index (κ1) is 12.9. The molecule has 0 aromatic carbocycles. The molecule has 2 heterocycles. The number of methoxy groups -OCH3 is 1. The van der Waals surface area contributed by atoms with Crippen molar-refractivity contribution in [1.82, 2.24) is 10.2 Å². The zero-order valence-electron chi connectivity index (χ0n) is 9.75. The second kappa shape index (κ2) is 5.40. The topological polar surface area (TPSA) is 91.2 Å². The summed E-state index contributed by atoms with van der Waals surface area (Å²) in [6.45, 7) is 1.95. The molecule has 2 N–H and O–H groups in total. The van der Waals surface area contributed by atoms with Gasteiger partial charge in [-0.25, -0.2) is 4.79 Å². The highest BCUT2D eigenvalue weighted by atomic mass is 32.2. The number of hydrogen-bond acceptors (Lipinski definition) is 8. The van der Waals surface area contributed by atoms with Gasteiger partial charge >= 0.3 is 5.97 Å². The molecule has 0 saturated carbocycles. The summed E-state index contributed by atoms with van der Waals surface area (Å²) in [7, 11) is 1.31. The number of aromatic nitrogens is 2. The largest absolute Gasteiger partial charge is 0.463 e. The van der Waals surface area contributed by atoms with Crippen molar-refractivity contribution in [1.29, 1.82) is 0 Å². The summed E-state index contributed by atoms with van der Waals surface area (Å²) >= 11 is 2.78. The molecule has 0 unspecified atom stereocenters. The fraction of sp³-hybridized carbons (Fsp3) is 0.300. The van der Waals surface area contributed by atoms with E-state index >= 15 is 0 Å². The Bertz CT molecular complexity index is 552. The molecule has 0 amide bonds. The minimum atomic E-state index is -0.487. The third-order valence-electron chi connectivity index (χ3n) is 2.11. The Morgan fingerprint density at radius 1 is 1.56 bits per heavy atom. The second-order valence-electron chi connectivity index (χ2n) is 3.36. The van der Waals surface area contributed by atoms with Crippen molar-refractivity contribution >= 4 is 34.2 Å². The Hall–Kier alpha value is -1.54. The number of anilines is 1. The molecule has 0 aliphatic rings. The molecule has 0 spiro atoms. The number of nitrogens with zero attached hydrogens (tertiary/aromatic N) is 2. The lowest BCUT2D eigenvalue weighted by Gasteiger charge is -2.04. The molecule has 6 nitrogen and oxygen atoms in total. The van der Waals surface area contributed by atoms with E-state index in [9.17, 15) is 4.79 Å². The van der Waals surface area contributed by atoms with Crippen LogP contribution in [0.3, 0.4) is 0 Å². The Morgan fingerprint density at radius 3 is 2.94 bits per heavy atom. The zero-order valence-corrected chi connectivity index (χ0v) is 11.4. The lowest BCUT2D eigenvalue weighted by atomic mass is 10.3. The average Bonchev–Trinajstić information content (AvgIpc) is 2.97. The van der Waals surface area contributed by atoms with Crippen LogP contribution in [0.2, 0.25) is 0 Å². The second-order valence-corrected chi connectivity index (χ2v) is 5.96. The highest BCUT2D eigenvalue weighted by Gasteiger charge is 2.17. The summed E-state index contributed by atoms with van der Waals surface area (Å²) in [6, 6.07) is 3.33. The lowest BCUT2D eigenvalue weighted by Crippen LogP contribution is -1.98. The summed E-state index contributed by atoms with van der Waals surface area (Å²) in [5.74, 6) is 0.379. The summed E-state index contributed by atoms with van der Waals surface area (Å²) < 4.78 is 10.7. The van der Waals surface area contributed by atoms with Crippen LogP contribution < -0.4 is 5.73 Å². The predicted molar refractivity (Wildman–Crippen MR) is 68.6 cm³/mol. The van der Waals surface area contributed by atoms with Gasteiger partial charge in [0, 0.05) is 0 Å². The number of esters is 1. The minimum absolute atomic E-state index is 0.00996. The first-order valence-corrected chi connectivity index (χ1v) is 6.73. The van der Waals surface area contributed by atoms with Gasteiger partial charge < -0.3 is 14.9 Å². The van der Waals surface area contributed by atoms with Gasteiger partial charge in [0.15, 0.2) is 4.34 Å². The monoisotopic (exact) mass is 285 g/mol. The van der Waals surface area contributed by atoms with Crippen LogP contribution in [-0.2, 0) is 4.74 Å². The molecule has 0 fully saturated rings. The van der Waals surface area contributed by atoms with Crippen LogP contribution in [-0.4, -0.2) is 23.3 Å². The van der Waals surface area contributed by atoms with Gasteiger partial charge in [0.25, 0.3) is 0 Å². The number of hydrogen-bond donors (Lipinski definition) is 1. The summed E-state index contributed by atoms with van der Waals surface area (Å²) in [6.07, 6.45) is 0. The smallest absolute Gasteiger partial charge is 0.373 e. The van der Waals surface area contributed by atoms with Crippen molar-refractivity contribution in [2.45, 2.75) is 16.5 Å². The number of thioether (sulfide) groups is 1. The van der Waals surface area contributed by atoms with E-state index in [1.54, 1.807) is 12.1 Å². The molecule has 2 rings (SSSR count). The van der Waals surface area contributed by atoms with Gasteiger partial charge in [-0.15, -0.1) is 10.2 Å². The van der Waals surface area contributed by atoms with E-state index in [-0.39, 0.29) is 11.0 Å². The van der Waals surface area contributed by atoms with Crippen molar-refractivity contribution in [3.63, 3.8) is 0 Å². The molecule has 0 aliphatic carbocycles. The Kier molecular flexibility index (Phi) is 3.87. The summed E-state index contributed by atoms with van der Waals surface area (Å²) in [5, 5.41) is 8.08. The molecule has 0 radical (unpaired) electrons. The van der Waals surface area contributed by atoms with Crippen LogP contribution in [0.4, 0.5) is 5.13 Å². The van der Waals surface area contributed by atoms with E-state index < -0.39 is 5.97 Å². The Balaban J connectivity index is 2.07. The molecule has 2 aromatic rings. The first-order chi connectivity index (χ1) is 8.60. The normalized spacial score (nSPS) is 12.3. The van der Waals surface area contributed by atoms with E-state index in [1.807, 2.05) is 6.92 Å². The quantitative estimate of drug-likeness (QED) is 0.681. The number of nitrogen functional groups attached to an aromatic ring is 1. The molecule has 18 heavy (non-hydrogen) atoms. The number of carbonyl (C=O) groups is 1. The predicted octanol–water partition coefficient (Wildman–Crippen LogP) is 2.35. The van der Waals surface area contributed by atoms with Gasteiger partial charge in [-0.3, -0.25) is 0 Å². The van der Waals surface area contributed by atoms with Crippen molar-refractivity contribution in [2.24, 2.45) is 0 Å². The van der Waals surface area contributed by atoms with Crippen LogP contribution >= 0.6 is 23.1 Å². The molecule has 1 atom stereocenters. The van der Waals surface area contributed by atoms with Gasteiger partial charge in [0.05, 0.1) is 12.4 Å². The fourth-order valence-corrected chi connectivity index (χ4v) is 3.12. The van der Waals surface area contributed by atoms with Gasteiger partial charge in [-0.2, -0.15) is 0 Å². The number of furan rings is 1. The van der Waals surface area contributed by atoms with E-state index in [0.29, 0.717) is 10.9 Å². The van der Waals surface area contributed by atoms with Gasteiger partial charge in [-0.05, 0) is 19.1 Å². The van der Waals surface area contributed by atoms with E-state index in [1.165, 1.54) is 30.2 Å². The molecule has 2 aromatic heterocycles. The van der Waals surface area contributed by atoms with Crippen LogP contribution in [0, 0.1) is 0 Å². The van der Waals surface area contributed by atoms with Crippen LogP contribution in [0.15, 0.2) is 20.9 Å². The van der Waals surface area contributed by atoms with E-state index in [0.717, 1.165) is 4.34 Å². The van der Waals surface area contributed by atoms with Crippen molar-refractivity contribution in [2.75, 3.05) is 12.8 Å². The molecule has 8 heteroatoms. The number of nitrogens with two attached hydrogens (primary N) is 1. The van der Waals surface area contributed by atoms with Crippen molar-refractivity contribution < 1.29 is 13.9 Å². The van der Waals surface area contributed by atoms with Gasteiger partial charge in [0.1, 0.15) is 5.76 Å². The SMILES string of the molecule is COC(=O)c1ccc([C@H](C)Sc2nnc(N)s2)o1. The van der Waals surface area contributed by atoms with Gasteiger partial charge in [-0.1, -0.05) is 23.1 Å². The third kappa shape index (κ3) is 2.82. The number of carbonyl (C=O) groups excluding carboxylic acids is 1. The maximum Gasteiger partial charge on any atom is 0.373 e. The van der Waals surface area contributed by atoms with Gasteiger partial charge in [0.2, 0.25) is 10.9 Å². The van der Waals surface area contributed by atoms with E-state index in [4.69, 9.17) is 10.2 Å². The zero-order chi connectivity index (χ0) is 13.1. The maximum atomic E-state index is 11.3. The van der Waals surface area contributed by atoms with E-state index in [2.05, 4.69) is 14.9 Å². The maximum absolute atomic E-state index is 11.3. The number of rotatable bonds is 4. The fourth-order valence-electron chi connectivity index (χ4n) is 1.26. The van der Waals surface area contributed by atoms with Crippen LogP contribution in [0.5, 0.6) is 0 Å². The minimum Gasteiger partial charge on any atom is -0.463 e. The lowest BCUT2D eigenvalue weighted by molar-refractivity contribution is 0.0563. The van der Waals surface area contributed by atoms with Crippen LogP contribution in [0.25, 0.3) is 0 Å². The summed E-state index contributed by atoms with van der Waals surface area (Å²) in [4.78, 5) is 11.3. The van der Waals surface area contributed by atoms with Crippen molar-refractivity contribution in [3.05, 3.63) is 23.7 Å². The molecular formula is C10H11N3O3S2. The standard InChI is InChI=1S/C10H11N3O3S2/c1-5(17-10-13-12-9(11)18-10)6-3-4-7(16-6)8(14)15-2/h3-5H,1-2H3,(H2,11,12)/t5-/m0/s1. The van der Waals surface area contributed by atoms with Crippen LogP contribution in [0.1, 0.15) is 28.5 Å². The number of ether oxygens (including phenoxy) is 1. The Morgan fingerprint density at radius 2 is 2.33 bits per heavy atom. The van der Waals surface area contributed by atoms with Crippen molar-refractivity contribution in [3.8, 4) is 0 Å². The summed E-state index contributed by atoms with van der Waals surface area (Å²) in [5.41, 5.74) is 5.50. The first-order valence-electron chi connectivity index (χ1n) is 5.04. The molecule has 96 valence electrons.